The largest absolute Gasteiger partial charge is 0.468 e. The molecule has 0 aromatic heterocycles. The van der Waals surface area contributed by atoms with Gasteiger partial charge in [0.05, 0.1) is 23.3 Å². The molecule has 0 unspecified atom stereocenters. The number of para-hydroxylation sites is 1. The van der Waals surface area contributed by atoms with Crippen LogP contribution in [0.15, 0.2) is 29.2 Å². The Hall–Kier alpha value is -2.19. The van der Waals surface area contributed by atoms with Crippen LogP contribution in [-0.4, -0.2) is 35.8 Å². The Labute approximate surface area is 135 Å². The predicted octanol–water partition coefficient (Wildman–Crippen LogP) is 1.07. The predicted molar refractivity (Wildman–Crippen MR) is 86.1 cm³/mol. The molecule has 2 heterocycles. The van der Waals surface area contributed by atoms with E-state index < -0.39 is 17.8 Å². The molecule has 0 saturated carbocycles. The van der Waals surface area contributed by atoms with E-state index in [0.717, 1.165) is 11.8 Å². The summed E-state index contributed by atoms with van der Waals surface area (Å²) in [6.45, 7) is -0.208. The molecule has 3 rings (SSSR count). The molecule has 8 heteroatoms. The maximum absolute atomic E-state index is 12.7. The third-order valence-electron chi connectivity index (χ3n) is 3.28. The highest BCUT2D eigenvalue weighted by atomic mass is 32.2. The number of fused-ring (bicyclic) bond motifs is 1. The number of benzene rings is 1. The number of amides is 2. The summed E-state index contributed by atoms with van der Waals surface area (Å²) in [5, 5.41) is 2.50. The zero-order valence-electron chi connectivity index (χ0n) is 11.4. The third kappa shape index (κ3) is 2.30. The molecule has 0 radical (unpaired) electrons. The molecule has 1 aromatic carbocycles. The van der Waals surface area contributed by atoms with Gasteiger partial charge in [0.15, 0.2) is 0 Å². The molecular weight excluding hydrogens is 324 g/mol. The molecule has 6 nitrogen and oxygen atoms in total. The van der Waals surface area contributed by atoms with Crippen molar-refractivity contribution in [1.82, 2.24) is 5.32 Å². The van der Waals surface area contributed by atoms with Crippen molar-refractivity contribution in [3.8, 4) is 0 Å². The number of carbonyl (C=O) groups is 3. The molecule has 0 spiro atoms. The van der Waals surface area contributed by atoms with Crippen LogP contribution in [0.25, 0.3) is 5.57 Å². The van der Waals surface area contributed by atoms with E-state index in [4.69, 9.17) is 12.2 Å². The van der Waals surface area contributed by atoms with E-state index in [1.807, 2.05) is 0 Å². The number of hydrogen-bond acceptors (Lipinski definition) is 6. The zero-order valence-corrected chi connectivity index (χ0v) is 13.0. The highest BCUT2D eigenvalue weighted by Crippen LogP contribution is 2.42. The number of nitrogens with zero attached hydrogens (tertiary/aromatic N) is 1. The number of rotatable bonds is 2. The fourth-order valence-electron chi connectivity index (χ4n) is 2.33. The van der Waals surface area contributed by atoms with Crippen LogP contribution in [0.4, 0.5) is 5.69 Å². The second kappa shape index (κ2) is 5.54. The van der Waals surface area contributed by atoms with E-state index in [9.17, 15) is 14.4 Å². The smallest absolute Gasteiger partial charge is 0.325 e. The number of anilines is 1. The van der Waals surface area contributed by atoms with Gasteiger partial charge in [-0.3, -0.25) is 19.3 Å². The Bertz CT molecular complexity index is 757. The molecule has 1 saturated heterocycles. The fraction of sp³-hybridized carbons (Fsp3) is 0.143. The molecule has 0 aliphatic carbocycles. The highest BCUT2D eigenvalue weighted by Gasteiger charge is 2.39. The number of thioether (sulfide) groups is 1. The Morgan fingerprint density at radius 2 is 2.09 bits per heavy atom. The van der Waals surface area contributed by atoms with Gasteiger partial charge in [0.25, 0.3) is 11.8 Å². The van der Waals surface area contributed by atoms with Crippen LogP contribution in [0, 0.1) is 0 Å². The van der Waals surface area contributed by atoms with Crippen molar-refractivity contribution in [1.29, 1.82) is 0 Å². The first-order valence-electron chi connectivity index (χ1n) is 6.28. The second-order valence-corrected chi connectivity index (χ2v) is 6.22. The number of hydrogen-bond donors (Lipinski definition) is 1. The summed E-state index contributed by atoms with van der Waals surface area (Å²) in [7, 11) is 1.26. The minimum Gasteiger partial charge on any atom is -0.468 e. The van der Waals surface area contributed by atoms with E-state index in [2.05, 4.69) is 10.1 Å². The van der Waals surface area contributed by atoms with Crippen molar-refractivity contribution in [2.75, 3.05) is 18.6 Å². The molecule has 0 bridgehead atoms. The molecule has 22 heavy (non-hydrogen) atoms. The second-order valence-electron chi connectivity index (χ2n) is 4.53. The van der Waals surface area contributed by atoms with Crippen LogP contribution >= 0.6 is 24.0 Å². The summed E-state index contributed by atoms with van der Waals surface area (Å²) in [4.78, 5) is 37.7. The number of esters is 1. The van der Waals surface area contributed by atoms with Crippen LogP contribution in [0.3, 0.4) is 0 Å². The summed E-state index contributed by atoms with van der Waals surface area (Å²) in [5.74, 6) is -1.34. The summed E-state index contributed by atoms with van der Waals surface area (Å²) in [6, 6.07) is 6.99. The van der Waals surface area contributed by atoms with E-state index in [0.29, 0.717) is 15.6 Å². The Kier molecular flexibility index (Phi) is 3.71. The van der Waals surface area contributed by atoms with Gasteiger partial charge in [0, 0.05) is 5.56 Å². The van der Waals surface area contributed by atoms with Crippen molar-refractivity contribution in [3.05, 3.63) is 34.7 Å². The lowest BCUT2D eigenvalue weighted by atomic mass is 10.1. The molecule has 112 valence electrons. The van der Waals surface area contributed by atoms with E-state index in [1.54, 1.807) is 24.3 Å². The molecule has 2 aliphatic rings. The number of methoxy groups -OCH3 is 1. The number of thiocarbonyl (C=S) groups is 1. The molecule has 1 aromatic rings. The highest BCUT2D eigenvalue weighted by molar-refractivity contribution is 8.27. The van der Waals surface area contributed by atoms with E-state index in [1.165, 1.54) is 12.0 Å². The van der Waals surface area contributed by atoms with E-state index >= 15 is 0 Å². The molecule has 1 N–H and O–H groups in total. The van der Waals surface area contributed by atoms with Gasteiger partial charge in [0.2, 0.25) is 0 Å². The van der Waals surface area contributed by atoms with Crippen molar-refractivity contribution in [2.45, 2.75) is 0 Å². The van der Waals surface area contributed by atoms with Crippen LogP contribution < -0.4 is 10.2 Å². The first kappa shape index (κ1) is 14.7. The van der Waals surface area contributed by atoms with E-state index in [-0.39, 0.29) is 17.0 Å². The van der Waals surface area contributed by atoms with Gasteiger partial charge in [-0.15, -0.1) is 0 Å². The monoisotopic (exact) mass is 334 g/mol. The summed E-state index contributed by atoms with van der Waals surface area (Å²) in [5.41, 5.74) is 1.45. The lowest BCUT2D eigenvalue weighted by molar-refractivity contribution is -0.139. The summed E-state index contributed by atoms with van der Waals surface area (Å²) < 4.78 is 4.93. The number of ether oxygens (including phenoxy) is 1. The van der Waals surface area contributed by atoms with Gasteiger partial charge in [-0.25, -0.2) is 0 Å². The van der Waals surface area contributed by atoms with Crippen LogP contribution in [0.5, 0.6) is 0 Å². The molecule has 0 atom stereocenters. The molecular formula is C14H10N2O4S2. The fourth-order valence-corrected chi connectivity index (χ4v) is 3.44. The Morgan fingerprint density at radius 1 is 1.36 bits per heavy atom. The van der Waals surface area contributed by atoms with Gasteiger partial charge >= 0.3 is 5.97 Å². The van der Waals surface area contributed by atoms with Gasteiger partial charge in [-0.1, -0.05) is 42.2 Å². The minimum absolute atomic E-state index is 0.208. The van der Waals surface area contributed by atoms with Crippen LogP contribution in [-0.2, 0) is 19.1 Å². The van der Waals surface area contributed by atoms with Crippen molar-refractivity contribution < 1.29 is 19.1 Å². The quantitative estimate of drug-likeness (QED) is 0.495. The maximum Gasteiger partial charge on any atom is 0.325 e. The third-order valence-corrected chi connectivity index (χ3v) is 4.51. The van der Waals surface area contributed by atoms with Gasteiger partial charge in [0.1, 0.15) is 10.9 Å². The van der Waals surface area contributed by atoms with Crippen molar-refractivity contribution >= 4 is 57.3 Å². The topological polar surface area (TPSA) is 75.7 Å². The zero-order chi connectivity index (χ0) is 15.9. The SMILES string of the molecule is COC(=O)CN1C(=O)C(=C2SC(=S)NC2=O)c2ccccc21. The lowest BCUT2D eigenvalue weighted by Crippen LogP contribution is -2.33. The van der Waals surface area contributed by atoms with Gasteiger partial charge in [-0.05, 0) is 6.07 Å². The normalized spacial score (nSPS) is 20.2. The molecule has 1 fully saturated rings. The first-order chi connectivity index (χ1) is 10.5. The van der Waals surface area contributed by atoms with Crippen LogP contribution in [0.2, 0.25) is 0 Å². The Morgan fingerprint density at radius 3 is 2.73 bits per heavy atom. The minimum atomic E-state index is -0.534. The number of carbonyl (C=O) groups excluding carboxylic acids is 3. The van der Waals surface area contributed by atoms with Crippen LogP contribution in [0.1, 0.15) is 5.56 Å². The van der Waals surface area contributed by atoms with Gasteiger partial charge in [-0.2, -0.15) is 0 Å². The molecule has 2 aliphatic heterocycles. The average molecular weight is 334 g/mol. The number of nitrogens with one attached hydrogen (secondary N) is 1. The molecule has 2 amide bonds. The summed E-state index contributed by atoms with van der Waals surface area (Å²) >= 11 is 6.01. The van der Waals surface area contributed by atoms with Crippen molar-refractivity contribution in [3.63, 3.8) is 0 Å². The first-order valence-corrected chi connectivity index (χ1v) is 7.51. The standard InChI is InChI=1S/C14H10N2O4S2/c1-20-9(17)6-16-8-5-3-2-4-7(8)10(13(16)19)11-12(18)15-14(21)22-11/h2-5H,6H2,1H3,(H,15,18,21). The van der Waals surface area contributed by atoms with Gasteiger partial charge < -0.3 is 10.1 Å². The Balaban J connectivity index is 2.12. The summed E-state index contributed by atoms with van der Waals surface area (Å²) in [6.07, 6.45) is 0. The average Bonchev–Trinajstić information content (AvgIpc) is 2.96. The lowest BCUT2D eigenvalue weighted by Gasteiger charge is -2.15. The maximum atomic E-state index is 12.7. The van der Waals surface area contributed by atoms with Crippen molar-refractivity contribution in [2.24, 2.45) is 0 Å².